The van der Waals surface area contributed by atoms with Crippen molar-refractivity contribution < 1.29 is 4.79 Å². The van der Waals surface area contributed by atoms with Crippen molar-refractivity contribution in [1.82, 2.24) is 10.2 Å². The highest BCUT2D eigenvalue weighted by Gasteiger charge is 2.10. The van der Waals surface area contributed by atoms with Crippen molar-refractivity contribution in [2.45, 2.75) is 25.7 Å². The van der Waals surface area contributed by atoms with Gasteiger partial charge in [0.2, 0.25) is 0 Å². The predicted octanol–water partition coefficient (Wildman–Crippen LogP) is 1.94. The number of nitrogens with one attached hydrogen (secondary N) is 2. The van der Waals surface area contributed by atoms with Gasteiger partial charge < -0.3 is 16.1 Å². The molecule has 1 saturated heterocycles. The summed E-state index contributed by atoms with van der Waals surface area (Å²) < 4.78 is 0. The van der Waals surface area contributed by atoms with Crippen LogP contribution in [0.1, 0.15) is 41.6 Å². The number of hydrogen-bond acceptors (Lipinski definition) is 4. The largest absolute Gasteiger partial charge is 0.352 e. The summed E-state index contributed by atoms with van der Waals surface area (Å²) in [6, 6.07) is 6.69. The van der Waals surface area contributed by atoms with E-state index in [1.165, 1.54) is 32.4 Å². The summed E-state index contributed by atoms with van der Waals surface area (Å²) in [7, 11) is 0. The van der Waals surface area contributed by atoms with Crippen molar-refractivity contribution >= 4 is 11.7 Å². The summed E-state index contributed by atoms with van der Waals surface area (Å²) in [5.41, 5.74) is 1.14. The first-order valence-electron chi connectivity index (χ1n) is 8.01. The van der Waals surface area contributed by atoms with E-state index in [9.17, 15) is 4.79 Å². The molecule has 0 atom stereocenters. The number of carbonyl (C=O) groups is 1. The maximum Gasteiger partial charge on any atom is 0.251 e. The minimum absolute atomic E-state index is 0.0269. The third-order valence-corrected chi connectivity index (χ3v) is 3.96. The van der Waals surface area contributed by atoms with E-state index < -0.39 is 0 Å². The summed E-state index contributed by atoms with van der Waals surface area (Å²) in [6.07, 6.45) is 4.88. The van der Waals surface area contributed by atoms with Crippen LogP contribution in [0.25, 0.3) is 0 Å². The van der Waals surface area contributed by atoms with Crippen molar-refractivity contribution in [3.05, 3.63) is 35.4 Å². The standard InChI is InChI=1S/C16H24N6O/c17-15(20-21-18)13-5-7-14(8-6-13)16(23)19-9-4-12-22-10-2-1-3-11-22/h5-8H,1-4,9-12H2,(H,19,23)(H3,17,18,20). The van der Waals surface area contributed by atoms with E-state index in [4.69, 9.17) is 11.3 Å². The molecule has 1 amide bonds. The Morgan fingerprint density at radius 3 is 2.48 bits per heavy atom. The van der Waals surface area contributed by atoms with Crippen LogP contribution in [-0.4, -0.2) is 42.8 Å². The number of likely N-dealkylation sites (tertiary alicyclic amines) is 1. The van der Waals surface area contributed by atoms with Crippen LogP contribution in [0.4, 0.5) is 0 Å². The molecule has 0 spiro atoms. The molecule has 1 aliphatic rings. The lowest BCUT2D eigenvalue weighted by Gasteiger charge is -2.26. The molecule has 124 valence electrons. The van der Waals surface area contributed by atoms with Crippen molar-refractivity contribution in [3.63, 3.8) is 0 Å². The topological polar surface area (TPSA) is 107 Å². The molecule has 0 radical (unpaired) electrons. The second kappa shape index (κ2) is 8.99. The number of nitrogens with two attached hydrogens (primary N) is 1. The Kier molecular flexibility index (Phi) is 6.68. The molecule has 0 unspecified atom stereocenters. The fraction of sp³-hybridized carbons (Fsp3) is 0.500. The average molecular weight is 316 g/mol. The average Bonchev–Trinajstić information content (AvgIpc) is 2.60. The van der Waals surface area contributed by atoms with Crippen LogP contribution in [-0.2, 0) is 0 Å². The van der Waals surface area contributed by atoms with Crippen LogP contribution < -0.4 is 11.2 Å². The Morgan fingerprint density at radius 2 is 1.83 bits per heavy atom. The zero-order valence-electron chi connectivity index (χ0n) is 13.3. The predicted molar refractivity (Wildman–Crippen MR) is 89.6 cm³/mol. The monoisotopic (exact) mass is 316 g/mol. The fourth-order valence-corrected chi connectivity index (χ4v) is 2.68. The van der Waals surface area contributed by atoms with Gasteiger partial charge in [-0.1, -0.05) is 23.8 Å². The number of piperidine rings is 1. The minimum Gasteiger partial charge on any atom is -0.352 e. The Balaban J connectivity index is 1.73. The molecule has 0 bridgehead atoms. The molecule has 1 aromatic carbocycles. The molecule has 2 rings (SSSR count). The number of carbonyl (C=O) groups excluding carboxylic acids is 1. The van der Waals surface area contributed by atoms with E-state index in [1.54, 1.807) is 24.3 Å². The van der Waals surface area contributed by atoms with Gasteiger partial charge in [-0.3, -0.25) is 10.2 Å². The van der Waals surface area contributed by atoms with Crippen molar-refractivity contribution in [2.75, 3.05) is 26.2 Å². The molecular weight excluding hydrogens is 292 g/mol. The quantitative estimate of drug-likeness (QED) is 0.186. The van der Waals surface area contributed by atoms with Crippen LogP contribution in [0.15, 0.2) is 34.6 Å². The van der Waals surface area contributed by atoms with E-state index >= 15 is 0 Å². The van der Waals surface area contributed by atoms with E-state index in [2.05, 4.69) is 20.6 Å². The van der Waals surface area contributed by atoms with Gasteiger partial charge >= 0.3 is 0 Å². The first-order valence-corrected chi connectivity index (χ1v) is 8.01. The Bertz CT molecular complexity index is 548. The maximum atomic E-state index is 12.1. The lowest BCUT2D eigenvalue weighted by molar-refractivity contribution is 0.0951. The van der Waals surface area contributed by atoms with Crippen molar-refractivity contribution in [2.24, 2.45) is 16.2 Å². The molecule has 0 aliphatic carbocycles. The molecule has 1 fully saturated rings. The molecule has 7 nitrogen and oxygen atoms in total. The first kappa shape index (κ1) is 17.1. The van der Waals surface area contributed by atoms with Crippen molar-refractivity contribution in [3.8, 4) is 0 Å². The van der Waals surface area contributed by atoms with E-state index in [1.807, 2.05) is 0 Å². The number of benzene rings is 1. The number of nitrogens with zero attached hydrogens (tertiary/aromatic N) is 3. The van der Waals surface area contributed by atoms with Crippen molar-refractivity contribution in [1.29, 1.82) is 5.41 Å². The van der Waals surface area contributed by atoms with Gasteiger partial charge in [0.25, 0.3) is 5.91 Å². The van der Waals surface area contributed by atoms with Gasteiger partial charge in [-0.25, -0.2) is 0 Å². The van der Waals surface area contributed by atoms with Crippen LogP contribution in [0.2, 0.25) is 0 Å². The highest BCUT2D eigenvalue weighted by Crippen LogP contribution is 2.09. The summed E-state index contributed by atoms with van der Waals surface area (Å²) in [4.78, 5) is 14.5. The van der Waals surface area contributed by atoms with Crippen LogP contribution in [0.3, 0.4) is 0 Å². The first-order chi connectivity index (χ1) is 11.2. The van der Waals surface area contributed by atoms with E-state index in [0.717, 1.165) is 13.0 Å². The molecular formula is C16H24N6O. The van der Waals surface area contributed by atoms with Gasteiger partial charge in [0.05, 0.1) is 0 Å². The molecule has 1 heterocycles. The van der Waals surface area contributed by atoms with Gasteiger partial charge in [0.15, 0.2) is 5.84 Å². The van der Waals surface area contributed by atoms with Crippen LogP contribution in [0, 0.1) is 5.41 Å². The number of amides is 1. The third kappa shape index (κ3) is 5.45. The lowest BCUT2D eigenvalue weighted by Crippen LogP contribution is -2.33. The lowest BCUT2D eigenvalue weighted by atomic mass is 10.1. The highest BCUT2D eigenvalue weighted by molar-refractivity contribution is 5.99. The summed E-state index contributed by atoms with van der Waals surface area (Å²) >= 11 is 0. The molecule has 0 saturated carbocycles. The Morgan fingerprint density at radius 1 is 1.17 bits per heavy atom. The molecule has 23 heavy (non-hydrogen) atoms. The summed E-state index contributed by atoms with van der Waals surface area (Å²) in [6.45, 7) is 4.08. The zero-order valence-corrected chi connectivity index (χ0v) is 13.3. The molecule has 1 aromatic rings. The Hall–Kier alpha value is -2.28. The summed E-state index contributed by atoms with van der Waals surface area (Å²) in [5, 5.41) is 17.1. The normalized spacial score (nSPS) is 15.7. The number of rotatable bonds is 6. The maximum absolute atomic E-state index is 12.1. The highest BCUT2D eigenvalue weighted by atomic mass is 16.1. The SMILES string of the molecule is N=C(N=NN)c1ccc(C(=O)NCCCN2CCCCC2)cc1. The van der Waals surface area contributed by atoms with Gasteiger partial charge in [-0.05, 0) is 51.0 Å². The zero-order chi connectivity index (χ0) is 16.5. The second-order valence-electron chi connectivity index (χ2n) is 5.65. The molecule has 0 aromatic heterocycles. The fourth-order valence-electron chi connectivity index (χ4n) is 2.68. The Labute approximate surface area is 136 Å². The molecule has 4 N–H and O–H groups in total. The van der Waals surface area contributed by atoms with E-state index in [-0.39, 0.29) is 11.7 Å². The summed E-state index contributed by atoms with van der Waals surface area (Å²) in [5.74, 6) is 4.79. The van der Waals surface area contributed by atoms with Gasteiger partial charge in [-0.15, -0.1) is 5.11 Å². The molecule has 7 heteroatoms. The second-order valence-corrected chi connectivity index (χ2v) is 5.65. The van der Waals surface area contributed by atoms with Crippen LogP contribution >= 0.6 is 0 Å². The smallest absolute Gasteiger partial charge is 0.251 e. The van der Waals surface area contributed by atoms with Gasteiger partial charge in [0, 0.05) is 17.7 Å². The molecule has 1 aliphatic heterocycles. The number of hydrogen-bond donors (Lipinski definition) is 3. The van der Waals surface area contributed by atoms with Crippen LogP contribution in [0.5, 0.6) is 0 Å². The minimum atomic E-state index is -0.0952. The van der Waals surface area contributed by atoms with E-state index in [0.29, 0.717) is 17.7 Å². The number of amidine groups is 1. The third-order valence-electron chi connectivity index (χ3n) is 3.96. The van der Waals surface area contributed by atoms with Gasteiger partial charge in [-0.2, -0.15) is 0 Å². The van der Waals surface area contributed by atoms with Gasteiger partial charge in [0.1, 0.15) is 0 Å².